The Balaban J connectivity index is 1.73. The topological polar surface area (TPSA) is 52.1 Å². The standard InChI is InChI=1S/C26H38N2O2/c1-3-5-7-9-11-13-15-25(29)30-24-20-27-26(28-21-24)23-18-16-22(17-19-23)14-12-10-8-6-4-2/h16-21H,3-15H2,1-2H3. The first-order valence-electron chi connectivity index (χ1n) is 11.8. The van der Waals surface area contributed by atoms with Crippen LogP contribution in [-0.2, 0) is 11.2 Å². The van der Waals surface area contributed by atoms with Gasteiger partial charge in [0, 0.05) is 12.0 Å². The van der Waals surface area contributed by atoms with Crippen molar-refractivity contribution >= 4 is 5.97 Å². The minimum atomic E-state index is -0.204. The summed E-state index contributed by atoms with van der Waals surface area (Å²) in [6, 6.07) is 8.46. The molecule has 0 aliphatic carbocycles. The quantitative estimate of drug-likeness (QED) is 0.228. The molecule has 0 bridgehead atoms. The van der Waals surface area contributed by atoms with E-state index < -0.39 is 0 Å². The summed E-state index contributed by atoms with van der Waals surface area (Å²) in [4.78, 5) is 20.7. The average molecular weight is 411 g/mol. The zero-order valence-corrected chi connectivity index (χ0v) is 18.9. The molecule has 164 valence electrons. The summed E-state index contributed by atoms with van der Waals surface area (Å²) in [5.41, 5.74) is 2.34. The Kier molecular flexibility index (Phi) is 11.8. The third-order valence-electron chi connectivity index (χ3n) is 5.38. The first-order valence-corrected chi connectivity index (χ1v) is 11.8. The number of aromatic nitrogens is 2. The maximum atomic E-state index is 12.0. The molecule has 0 fully saturated rings. The number of hydrogen-bond acceptors (Lipinski definition) is 4. The summed E-state index contributed by atoms with van der Waals surface area (Å²) in [5.74, 6) is 0.865. The van der Waals surface area contributed by atoms with Crippen LogP contribution < -0.4 is 4.74 Å². The predicted octanol–water partition coefficient (Wildman–Crippen LogP) is 7.31. The van der Waals surface area contributed by atoms with Crippen LogP contribution in [-0.4, -0.2) is 15.9 Å². The number of rotatable bonds is 15. The number of ether oxygens (including phenoxy) is 1. The number of unbranched alkanes of at least 4 members (excludes halogenated alkanes) is 9. The van der Waals surface area contributed by atoms with Crippen LogP contribution in [0.2, 0.25) is 0 Å². The zero-order valence-electron chi connectivity index (χ0n) is 18.9. The summed E-state index contributed by atoms with van der Waals surface area (Å²) in [5, 5.41) is 0. The SMILES string of the molecule is CCCCCCCCC(=O)Oc1cnc(-c2ccc(CCCCCCC)cc2)nc1. The largest absolute Gasteiger partial charge is 0.423 e. The lowest BCUT2D eigenvalue weighted by molar-refractivity contribution is -0.134. The molecule has 0 unspecified atom stereocenters. The van der Waals surface area contributed by atoms with Crippen molar-refractivity contribution in [2.45, 2.75) is 97.3 Å². The fourth-order valence-electron chi connectivity index (χ4n) is 3.50. The molecule has 2 rings (SSSR count). The van der Waals surface area contributed by atoms with Gasteiger partial charge < -0.3 is 4.74 Å². The highest BCUT2D eigenvalue weighted by molar-refractivity contribution is 5.72. The molecule has 4 heteroatoms. The smallest absolute Gasteiger partial charge is 0.311 e. The van der Waals surface area contributed by atoms with Crippen molar-refractivity contribution in [3.05, 3.63) is 42.2 Å². The van der Waals surface area contributed by atoms with Gasteiger partial charge in [-0.1, -0.05) is 95.9 Å². The number of hydrogen-bond donors (Lipinski definition) is 0. The first-order chi connectivity index (χ1) is 14.7. The van der Waals surface area contributed by atoms with Gasteiger partial charge >= 0.3 is 5.97 Å². The number of carbonyl (C=O) groups excluding carboxylic acids is 1. The summed E-state index contributed by atoms with van der Waals surface area (Å²) in [6.45, 7) is 4.45. The number of nitrogens with zero attached hydrogens (tertiary/aromatic N) is 2. The van der Waals surface area contributed by atoms with Crippen LogP contribution in [0.15, 0.2) is 36.7 Å². The van der Waals surface area contributed by atoms with Crippen LogP contribution in [0.4, 0.5) is 0 Å². The van der Waals surface area contributed by atoms with Crippen LogP contribution >= 0.6 is 0 Å². The van der Waals surface area contributed by atoms with Crippen molar-refractivity contribution in [1.29, 1.82) is 0 Å². The number of aryl methyl sites for hydroxylation is 1. The summed E-state index contributed by atoms with van der Waals surface area (Å²) < 4.78 is 5.36. The molecule has 0 spiro atoms. The Hall–Kier alpha value is -2.23. The lowest BCUT2D eigenvalue weighted by atomic mass is 10.0. The Labute approximate surface area is 182 Å². The molecule has 4 nitrogen and oxygen atoms in total. The van der Waals surface area contributed by atoms with Crippen molar-refractivity contribution in [3.63, 3.8) is 0 Å². The second-order valence-corrected chi connectivity index (χ2v) is 8.10. The second kappa shape index (κ2) is 14.7. The van der Waals surface area contributed by atoms with Crippen LogP contribution in [0.3, 0.4) is 0 Å². The first kappa shape index (κ1) is 24.0. The van der Waals surface area contributed by atoms with E-state index in [1.807, 2.05) is 0 Å². The van der Waals surface area contributed by atoms with E-state index >= 15 is 0 Å². The fourth-order valence-corrected chi connectivity index (χ4v) is 3.50. The lowest BCUT2D eigenvalue weighted by Gasteiger charge is -2.06. The van der Waals surface area contributed by atoms with Gasteiger partial charge in [-0.2, -0.15) is 0 Å². The average Bonchev–Trinajstić information content (AvgIpc) is 2.77. The third kappa shape index (κ3) is 9.51. The van der Waals surface area contributed by atoms with Gasteiger partial charge in [0.2, 0.25) is 0 Å². The van der Waals surface area contributed by atoms with E-state index in [-0.39, 0.29) is 5.97 Å². The fraction of sp³-hybridized carbons (Fsp3) is 0.577. The van der Waals surface area contributed by atoms with Crippen LogP contribution in [0.1, 0.15) is 96.5 Å². The molecule has 0 N–H and O–H groups in total. The zero-order chi connectivity index (χ0) is 21.4. The highest BCUT2D eigenvalue weighted by atomic mass is 16.5. The van der Waals surface area contributed by atoms with Gasteiger partial charge in [0.05, 0.1) is 12.4 Å². The number of carbonyl (C=O) groups is 1. The maximum absolute atomic E-state index is 12.0. The third-order valence-corrected chi connectivity index (χ3v) is 5.38. The molecule has 0 amide bonds. The van der Waals surface area contributed by atoms with Gasteiger partial charge in [0.15, 0.2) is 11.6 Å². The Morgan fingerprint density at radius 2 is 1.33 bits per heavy atom. The maximum Gasteiger partial charge on any atom is 0.311 e. The van der Waals surface area contributed by atoms with Gasteiger partial charge in [-0.05, 0) is 24.8 Å². The Bertz CT molecular complexity index is 711. The summed E-state index contributed by atoms with van der Waals surface area (Å²) in [6.07, 6.45) is 18.2. The minimum absolute atomic E-state index is 0.204. The highest BCUT2D eigenvalue weighted by Gasteiger charge is 2.07. The van der Waals surface area contributed by atoms with E-state index in [1.165, 1.54) is 63.4 Å². The van der Waals surface area contributed by atoms with Crippen molar-refractivity contribution in [2.24, 2.45) is 0 Å². The van der Waals surface area contributed by atoms with Gasteiger partial charge in [0.25, 0.3) is 0 Å². The normalized spacial score (nSPS) is 10.9. The molecule has 0 aliphatic rings. The van der Waals surface area contributed by atoms with E-state index in [2.05, 4.69) is 48.1 Å². The molecule has 0 saturated carbocycles. The summed E-state index contributed by atoms with van der Waals surface area (Å²) in [7, 11) is 0. The van der Waals surface area contributed by atoms with E-state index in [0.717, 1.165) is 24.8 Å². The molecule has 1 aromatic carbocycles. The molecule has 30 heavy (non-hydrogen) atoms. The molecule has 2 aromatic rings. The van der Waals surface area contributed by atoms with Crippen molar-refractivity contribution in [1.82, 2.24) is 9.97 Å². The van der Waals surface area contributed by atoms with Crippen molar-refractivity contribution in [3.8, 4) is 17.1 Å². The molecule has 0 aliphatic heterocycles. The monoisotopic (exact) mass is 410 g/mol. The molecule has 0 atom stereocenters. The number of benzene rings is 1. The van der Waals surface area contributed by atoms with Crippen molar-refractivity contribution in [2.75, 3.05) is 0 Å². The highest BCUT2D eigenvalue weighted by Crippen LogP contribution is 2.19. The lowest BCUT2D eigenvalue weighted by Crippen LogP contribution is -2.08. The van der Waals surface area contributed by atoms with E-state index in [9.17, 15) is 4.79 Å². The Morgan fingerprint density at radius 3 is 1.97 bits per heavy atom. The predicted molar refractivity (Wildman–Crippen MR) is 124 cm³/mol. The molecule has 1 heterocycles. The van der Waals surface area contributed by atoms with Crippen LogP contribution in [0.5, 0.6) is 5.75 Å². The Morgan fingerprint density at radius 1 is 0.767 bits per heavy atom. The molecular formula is C26H38N2O2. The van der Waals surface area contributed by atoms with E-state index in [0.29, 0.717) is 18.0 Å². The van der Waals surface area contributed by atoms with Gasteiger partial charge in [-0.15, -0.1) is 0 Å². The van der Waals surface area contributed by atoms with E-state index in [4.69, 9.17) is 4.74 Å². The molecule has 0 radical (unpaired) electrons. The van der Waals surface area contributed by atoms with E-state index in [1.54, 1.807) is 12.4 Å². The van der Waals surface area contributed by atoms with Gasteiger partial charge in [-0.25, -0.2) is 9.97 Å². The molecule has 1 aromatic heterocycles. The number of esters is 1. The van der Waals surface area contributed by atoms with Crippen LogP contribution in [0, 0.1) is 0 Å². The molecular weight excluding hydrogens is 372 g/mol. The van der Waals surface area contributed by atoms with Gasteiger partial charge in [-0.3, -0.25) is 4.79 Å². The summed E-state index contributed by atoms with van der Waals surface area (Å²) >= 11 is 0. The van der Waals surface area contributed by atoms with Crippen molar-refractivity contribution < 1.29 is 9.53 Å². The second-order valence-electron chi connectivity index (χ2n) is 8.10. The van der Waals surface area contributed by atoms with Gasteiger partial charge in [0.1, 0.15) is 0 Å². The molecule has 0 saturated heterocycles. The minimum Gasteiger partial charge on any atom is -0.423 e. The van der Waals surface area contributed by atoms with Crippen LogP contribution in [0.25, 0.3) is 11.4 Å².